The van der Waals surface area contributed by atoms with Gasteiger partial charge in [-0.1, -0.05) is 0 Å². The molecule has 3 nitrogen and oxygen atoms in total. The molecule has 82 valence electrons. The van der Waals surface area contributed by atoms with Crippen molar-refractivity contribution in [1.82, 2.24) is 5.32 Å². The number of aromatic hydroxyl groups is 1. The summed E-state index contributed by atoms with van der Waals surface area (Å²) < 4.78 is 31.1. The first-order valence-corrected chi connectivity index (χ1v) is 4.67. The number of morpholine rings is 1. The van der Waals surface area contributed by atoms with E-state index in [-0.39, 0.29) is 11.6 Å². The molecule has 0 saturated carbocycles. The van der Waals surface area contributed by atoms with Crippen molar-refractivity contribution in [2.75, 3.05) is 19.8 Å². The molecule has 5 heteroatoms. The molecule has 0 amide bonds. The van der Waals surface area contributed by atoms with E-state index in [2.05, 4.69) is 5.32 Å². The molecule has 1 heterocycles. The second-order valence-corrected chi connectivity index (χ2v) is 3.41. The van der Waals surface area contributed by atoms with Crippen molar-refractivity contribution in [3.63, 3.8) is 0 Å². The zero-order valence-electron chi connectivity index (χ0n) is 7.96. The van der Waals surface area contributed by atoms with Crippen LogP contribution in [0.15, 0.2) is 12.1 Å². The number of phenolic OH excluding ortho intramolecular Hbond substituents is 1. The molecule has 0 spiro atoms. The fourth-order valence-electron chi connectivity index (χ4n) is 1.62. The average molecular weight is 215 g/mol. The first kappa shape index (κ1) is 10.3. The molecular formula is C10H11F2NO2. The number of hydrogen-bond donors (Lipinski definition) is 2. The summed E-state index contributed by atoms with van der Waals surface area (Å²) in [6.45, 7) is 1.47. The molecule has 1 aliphatic heterocycles. The molecule has 1 aromatic rings. The topological polar surface area (TPSA) is 41.5 Å². The summed E-state index contributed by atoms with van der Waals surface area (Å²) in [7, 11) is 0. The van der Waals surface area contributed by atoms with Crippen molar-refractivity contribution in [1.29, 1.82) is 0 Å². The molecule has 1 aromatic carbocycles. The van der Waals surface area contributed by atoms with Gasteiger partial charge in [0.1, 0.15) is 5.82 Å². The Labute approximate surface area is 85.7 Å². The molecule has 1 fully saturated rings. The van der Waals surface area contributed by atoms with Gasteiger partial charge in [-0.3, -0.25) is 0 Å². The molecule has 0 radical (unpaired) electrons. The van der Waals surface area contributed by atoms with Crippen LogP contribution in [0.3, 0.4) is 0 Å². The summed E-state index contributed by atoms with van der Waals surface area (Å²) in [5, 5.41) is 12.4. The van der Waals surface area contributed by atoms with E-state index in [0.717, 1.165) is 6.07 Å². The van der Waals surface area contributed by atoms with Gasteiger partial charge in [-0.25, -0.2) is 8.78 Å². The van der Waals surface area contributed by atoms with Gasteiger partial charge in [-0.15, -0.1) is 0 Å². The van der Waals surface area contributed by atoms with E-state index in [0.29, 0.717) is 25.8 Å². The highest BCUT2D eigenvalue weighted by Gasteiger charge is 2.21. The van der Waals surface area contributed by atoms with Crippen LogP contribution in [0.2, 0.25) is 0 Å². The Morgan fingerprint density at radius 1 is 1.40 bits per heavy atom. The maximum absolute atomic E-state index is 13.0. The number of benzene rings is 1. The number of rotatable bonds is 1. The van der Waals surface area contributed by atoms with Crippen LogP contribution in [0.25, 0.3) is 0 Å². The molecule has 0 aliphatic carbocycles. The normalized spacial score (nSPS) is 21.6. The SMILES string of the molecule is Oc1c(F)cc(F)cc1C1COCCN1. The second-order valence-electron chi connectivity index (χ2n) is 3.41. The standard InChI is InChI=1S/C10H11F2NO2/c11-6-3-7(10(14)8(12)4-6)9-5-15-2-1-13-9/h3-4,9,13-14H,1-2,5H2. The fraction of sp³-hybridized carbons (Fsp3) is 0.400. The van der Waals surface area contributed by atoms with Gasteiger partial charge in [0.25, 0.3) is 0 Å². The Hall–Kier alpha value is -1.20. The minimum absolute atomic E-state index is 0.201. The van der Waals surface area contributed by atoms with Crippen molar-refractivity contribution < 1.29 is 18.6 Å². The molecule has 1 unspecified atom stereocenters. The van der Waals surface area contributed by atoms with Crippen molar-refractivity contribution in [3.05, 3.63) is 29.3 Å². The maximum Gasteiger partial charge on any atom is 0.168 e. The van der Waals surface area contributed by atoms with E-state index >= 15 is 0 Å². The third-order valence-corrected chi connectivity index (χ3v) is 2.35. The molecule has 15 heavy (non-hydrogen) atoms. The highest BCUT2D eigenvalue weighted by molar-refractivity contribution is 5.37. The minimum Gasteiger partial charge on any atom is -0.505 e. The second kappa shape index (κ2) is 4.12. The first-order valence-electron chi connectivity index (χ1n) is 4.67. The number of phenols is 1. The fourth-order valence-corrected chi connectivity index (χ4v) is 1.62. The molecule has 0 aromatic heterocycles. The Morgan fingerprint density at radius 2 is 2.20 bits per heavy atom. The van der Waals surface area contributed by atoms with Crippen molar-refractivity contribution >= 4 is 0 Å². The highest BCUT2D eigenvalue weighted by atomic mass is 19.1. The monoisotopic (exact) mass is 215 g/mol. The molecule has 1 aliphatic rings. The van der Waals surface area contributed by atoms with Crippen LogP contribution in [0.5, 0.6) is 5.75 Å². The molecule has 2 rings (SSSR count). The van der Waals surface area contributed by atoms with Gasteiger partial charge in [-0.2, -0.15) is 0 Å². The van der Waals surface area contributed by atoms with Crippen LogP contribution in [-0.4, -0.2) is 24.9 Å². The lowest BCUT2D eigenvalue weighted by Gasteiger charge is -2.24. The quantitative estimate of drug-likeness (QED) is 0.742. The third-order valence-electron chi connectivity index (χ3n) is 2.35. The first-order chi connectivity index (χ1) is 7.18. The summed E-state index contributed by atoms with van der Waals surface area (Å²) >= 11 is 0. The molecular weight excluding hydrogens is 204 g/mol. The van der Waals surface area contributed by atoms with Crippen molar-refractivity contribution in [2.45, 2.75) is 6.04 Å². The van der Waals surface area contributed by atoms with Gasteiger partial charge in [0.15, 0.2) is 11.6 Å². The number of nitrogens with one attached hydrogen (secondary N) is 1. The third kappa shape index (κ3) is 2.08. The predicted octanol–water partition coefficient (Wildman–Crippen LogP) is 1.33. The summed E-state index contributed by atoms with van der Waals surface area (Å²) in [4.78, 5) is 0. The van der Waals surface area contributed by atoms with E-state index in [9.17, 15) is 13.9 Å². The van der Waals surface area contributed by atoms with Crippen LogP contribution in [-0.2, 0) is 4.74 Å². The average Bonchev–Trinajstić information content (AvgIpc) is 2.24. The van der Waals surface area contributed by atoms with Gasteiger partial charge in [0.2, 0.25) is 0 Å². The molecule has 1 atom stereocenters. The lowest BCUT2D eigenvalue weighted by atomic mass is 10.1. The van der Waals surface area contributed by atoms with Crippen LogP contribution in [0, 0.1) is 11.6 Å². The van der Waals surface area contributed by atoms with Crippen LogP contribution in [0.1, 0.15) is 11.6 Å². The summed E-state index contributed by atoms with van der Waals surface area (Å²) in [6, 6.07) is 1.41. The zero-order chi connectivity index (χ0) is 10.8. The number of halogens is 2. The van der Waals surface area contributed by atoms with Crippen molar-refractivity contribution in [3.8, 4) is 5.75 Å². The van der Waals surface area contributed by atoms with Gasteiger partial charge < -0.3 is 15.2 Å². The smallest absolute Gasteiger partial charge is 0.168 e. The van der Waals surface area contributed by atoms with E-state index in [1.807, 2.05) is 0 Å². The Kier molecular flexibility index (Phi) is 2.83. The summed E-state index contributed by atoms with van der Waals surface area (Å²) in [5.41, 5.74) is 0.201. The minimum atomic E-state index is -0.947. The van der Waals surface area contributed by atoms with Gasteiger partial charge in [0.05, 0.1) is 19.3 Å². The molecule has 0 bridgehead atoms. The summed E-state index contributed by atoms with van der Waals surface area (Å²) in [5.74, 6) is -2.16. The Balaban J connectivity index is 2.33. The molecule has 2 N–H and O–H groups in total. The largest absolute Gasteiger partial charge is 0.505 e. The van der Waals surface area contributed by atoms with Crippen LogP contribution in [0.4, 0.5) is 8.78 Å². The van der Waals surface area contributed by atoms with E-state index in [4.69, 9.17) is 4.74 Å². The lowest BCUT2D eigenvalue weighted by Crippen LogP contribution is -2.34. The van der Waals surface area contributed by atoms with E-state index < -0.39 is 17.4 Å². The van der Waals surface area contributed by atoms with Crippen molar-refractivity contribution in [2.24, 2.45) is 0 Å². The summed E-state index contributed by atoms with van der Waals surface area (Å²) in [6.07, 6.45) is 0. The highest BCUT2D eigenvalue weighted by Crippen LogP contribution is 2.29. The van der Waals surface area contributed by atoms with Gasteiger partial charge >= 0.3 is 0 Å². The van der Waals surface area contributed by atoms with Crippen LogP contribution >= 0.6 is 0 Å². The maximum atomic E-state index is 13.0. The van der Waals surface area contributed by atoms with Crippen LogP contribution < -0.4 is 5.32 Å². The number of ether oxygens (including phenoxy) is 1. The van der Waals surface area contributed by atoms with Gasteiger partial charge in [-0.05, 0) is 6.07 Å². The number of hydrogen-bond acceptors (Lipinski definition) is 3. The van der Waals surface area contributed by atoms with Gasteiger partial charge in [0, 0.05) is 18.2 Å². The molecule has 1 saturated heterocycles. The predicted molar refractivity (Wildman–Crippen MR) is 49.6 cm³/mol. The Bertz CT molecular complexity index is 365. The zero-order valence-corrected chi connectivity index (χ0v) is 7.96. The van der Waals surface area contributed by atoms with E-state index in [1.54, 1.807) is 0 Å². The van der Waals surface area contributed by atoms with E-state index in [1.165, 1.54) is 0 Å². The Morgan fingerprint density at radius 3 is 2.87 bits per heavy atom. The lowest BCUT2D eigenvalue weighted by molar-refractivity contribution is 0.0758.